The molecule has 0 spiro atoms. The van der Waals surface area contributed by atoms with Gasteiger partial charge in [0.2, 0.25) is 0 Å². The fraction of sp³-hybridized carbons (Fsp3) is 0.417. The standard InChI is InChI=1S/C12H14ClFO2/c1-16-7-3-4-9(15)8-10-11(13)5-2-6-12(10)14/h2,5-6H,3-4,7-8H2,1H3. The second-order valence-corrected chi connectivity index (χ2v) is 3.92. The normalized spacial score (nSPS) is 10.4. The van der Waals surface area contributed by atoms with Gasteiger partial charge in [0.05, 0.1) is 0 Å². The van der Waals surface area contributed by atoms with E-state index in [9.17, 15) is 9.18 Å². The summed E-state index contributed by atoms with van der Waals surface area (Å²) in [6, 6.07) is 4.42. The Labute approximate surface area is 99.4 Å². The van der Waals surface area contributed by atoms with Crippen molar-refractivity contribution in [1.29, 1.82) is 0 Å². The largest absolute Gasteiger partial charge is 0.385 e. The number of hydrogen-bond donors (Lipinski definition) is 0. The van der Waals surface area contributed by atoms with Crippen molar-refractivity contribution in [3.63, 3.8) is 0 Å². The van der Waals surface area contributed by atoms with E-state index in [1.165, 1.54) is 12.1 Å². The van der Waals surface area contributed by atoms with E-state index in [0.717, 1.165) is 0 Å². The SMILES string of the molecule is COCCCC(=O)Cc1c(F)cccc1Cl. The van der Waals surface area contributed by atoms with Gasteiger partial charge in [0.15, 0.2) is 0 Å². The molecule has 0 aliphatic carbocycles. The van der Waals surface area contributed by atoms with E-state index in [1.54, 1.807) is 13.2 Å². The molecule has 4 heteroatoms. The molecule has 0 saturated carbocycles. The Morgan fingerprint density at radius 2 is 2.25 bits per heavy atom. The van der Waals surface area contributed by atoms with Crippen LogP contribution in [0, 0.1) is 5.82 Å². The van der Waals surface area contributed by atoms with Gasteiger partial charge in [-0.15, -0.1) is 0 Å². The van der Waals surface area contributed by atoms with Crippen molar-refractivity contribution >= 4 is 17.4 Å². The molecule has 0 atom stereocenters. The lowest BCUT2D eigenvalue weighted by molar-refractivity contribution is -0.118. The predicted molar refractivity (Wildman–Crippen MR) is 61.2 cm³/mol. The molecule has 0 N–H and O–H groups in total. The van der Waals surface area contributed by atoms with Crippen molar-refractivity contribution in [2.24, 2.45) is 0 Å². The zero-order valence-corrected chi connectivity index (χ0v) is 9.89. The summed E-state index contributed by atoms with van der Waals surface area (Å²) in [5.41, 5.74) is 0.284. The number of rotatable bonds is 6. The molecule has 88 valence electrons. The first-order valence-corrected chi connectivity index (χ1v) is 5.46. The minimum Gasteiger partial charge on any atom is -0.385 e. The highest BCUT2D eigenvalue weighted by atomic mass is 35.5. The average molecular weight is 245 g/mol. The predicted octanol–water partition coefficient (Wildman–Crippen LogP) is 3.02. The maximum Gasteiger partial charge on any atom is 0.137 e. The third kappa shape index (κ3) is 3.91. The molecule has 0 aliphatic rings. The molecule has 1 aromatic rings. The summed E-state index contributed by atoms with van der Waals surface area (Å²) in [5, 5.41) is 0.306. The second-order valence-electron chi connectivity index (χ2n) is 3.51. The number of Topliss-reactive ketones (excluding diaryl/α,β-unsaturated/α-hetero) is 1. The van der Waals surface area contributed by atoms with E-state index in [4.69, 9.17) is 16.3 Å². The van der Waals surface area contributed by atoms with Crippen molar-refractivity contribution in [2.75, 3.05) is 13.7 Å². The quantitative estimate of drug-likeness (QED) is 0.719. The summed E-state index contributed by atoms with van der Waals surface area (Å²) < 4.78 is 18.2. The summed E-state index contributed by atoms with van der Waals surface area (Å²) in [7, 11) is 1.58. The molecule has 0 radical (unpaired) electrons. The number of ether oxygens (including phenoxy) is 1. The van der Waals surface area contributed by atoms with Gasteiger partial charge in [-0.1, -0.05) is 17.7 Å². The number of benzene rings is 1. The molecular formula is C12H14ClFO2. The molecule has 0 aromatic heterocycles. The topological polar surface area (TPSA) is 26.3 Å². The Kier molecular flexibility index (Phi) is 5.43. The average Bonchev–Trinajstić information content (AvgIpc) is 2.24. The second kappa shape index (κ2) is 6.61. The minimum atomic E-state index is -0.424. The van der Waals surface area contributed by atoms with Crippen LogP contribution in [0.3, 0.4) is 0 Å². The van der Waals surface area contributed by atoms with Gasteiger partial charge >= 0.3 is 0 Å². The number of halogens is 2. The van der Waals surface area contributed by atoms with Gasteiger partial charge < -0.3 is 4.74 Å². The van der Waals surface area contributed by atoms with Crippen molar-refractivity contribution in [1.82, 2.24) is 0 Å². The fourth-order valence-electron chi connectivity index (χ4n) is 1.40. The molecule has 1 aromatic carbocycles. The van der Waals surface area contributed by atoms with Crippen LogP contribution in [-0.2, 0) is 16.0 Å². The molecule has 16 heavy (non-hydrogen) atoms. The molecule has 0 amide bonds. The van der Waals surface area contributed by atoms with Gasteiger partial charge in [-0.25, -0.2) is 4.39 Å². The van der Waals surface area contributed by atoms with Gasteiger partial charge in [0.1, 0.15) is 11.6 Å². The van der Waals surface area contributed by atoms with Crippen LogP contribution < -0.4 is 0 Å². The number of methoxy groups -OCH3 is 1. The van der Waals surface area contributed by atoms with Crippen LogP contribution in [-0.4, -0.2) is 19.5 Å². The maximum absolute atomic E-state index is 13.3. The molecule has 2 nitrogen and oxygen atoms in total. The molecule has 0 fully saturated rings. The molecule has 1 rings (SSSR count). The van der Waals surface area contributed by atoms with Gasteiger partial charge in [-0.2, -0.15) is 0 Å². The summed E-state index contributed by atoms with van der Waals surface area (Å²) in [4.78, 5) is 11.5. The van der Waals surface area contributed by atoms with Crippen molar-refractivity contribution in [2.45, 2.75) is 19.3 Å². The minimum absolute atomic E-state index is 0.0240. The summed E-state index contributed by atoms with van der Waals surface area (Å²) in [5.74, 6) is -0.448. The first-order valence-electron chi connectivity index (χ1n) is 5.08. The first kappa shape index (κ1) is 13.1. The van der Waals surface area contributed by atoms with Crippen LogP contribution in [0.15, 0.2) is 18.2 Å². The lowest BCUT2D eigenvalue weighted by Crippen LogP contribution is -2.06. The van der Waals surface area contributed by atoms with Crippen molar-refractivity contribution < 1.29 is 13.9 Å². The van der Waals surface area contributed by atoms with E-state index in [-0.39, 0.29) is 17.8 Å². The number of carbonyl (C=O) groups excluding carboxylic acids is 1. The van der Waals surface area contributed by atoms with E-state index in [2.05, 4.69) is 0 Å². The van der Waals surface area contributed by atoms with Crippen LogP contribution in [0.5, 0.6) is 0 Å². The van der Waals surface area contributed by atoms with Crippen LogP contribution >= 0.6 is 11.6 Å². The Morgan fingerprint density at radius 1 is 1.50 bits per heavy atom. The lowest BCUT2D eigenvalue weighted by atomic mass is 10.1. The van der Waals surface area contributed by atoms with Crippen LogP contribution in [0.2, 0.25) is 5.02 Å². The van der Waals surface area contributed by atoms with E-state index >= 15 is 0 Å². The zero-order chi connectivity index (χ0) is 12.0. The molecule has 0 saturated heterocycles. The molecular weight excluding hydrogens is 231 g/mol. The highest BCUT2D eigenvalue weighted by molar-refractivity contribution is 6.31. The van der Waals surface area contributed by atoms with Gasteiger partial charge in [0, 0.05) is 37.1 Å². The molecule has 0 bridgehead atoms. The number of carbonyl (C=O) groups is 1. The third-order valence-electron chi connectivity index (χ3n) is 2.24. The van der Waals surface area contributed by atoms with Gasteiger partial charge in [0.25, 0.3) is 0 Å². The fourth-order valence-corrected chi connectivity index (χ4v) is 1.63. The van der Waals surface area contributed by atoms with Crippen LogP contribution in [0.1, 0.15) is 18.4 Å². The smallest absolute Gasteiger partial charge is 0.137 e. The van der Waals surface area contributed by atoms with E-state index < -0.39 is 5.82 Å². The highest BCUT2D eigenvalue weighted by Gasteiger charge is 2.11. The Balaban J connectivity index is 2.56. The summed E-state index contributed by atoms with van der Waals surface area (Å²) in [6.45, 7) is 0.538. The van der Waals surface area contributed by atoms with Crippen molar-refractivity contribution in [3.05, 3.63) is 34.6 Å². The highest BCUT2D eigenvalue weighted by Crippen LogP contribution is 2.20. The van der Waals surface area contributed by atoms with E-state index in [0.29, 0.717) is 24.5 Å². The maximum atomic E-state index is 13.3. The van der Waals surface area contributed by atoms with E-state index in [1.807, 2.05) is 0 Å². The third-order valence-corrected chi connectivity index (χ3v) is 2.59. The van der Waals surface area contributed by atoms with Crippen LogP contribution in [0.4, 0.5) is 4.39 Å². The molecule has 0 unspecified atom stereocenters. The number of ketones is 1. The van der Waals surface area contributed by atoms with Gasteiger partial charge in [-0.3, -0.25) is 4.79 Å². The zero-order valence-electron chi connectivity index (χ0n) is 9.13. The number of hydrogen-bond acceptors (Lipinski definition) is 2. The van der Waals surface area contributed by atoms with Crippen LogP contribution in [0.25, 0.3) is 0 Å². The van der Waals surface area contributed by atoms with Gasteiger partial charge in [-0.05, 0) is 18.6 Å². The Morgan fingerprint density at radius 3 is 2.88 bits per heavy atom. The molecule has 0 aliphatic heterocycles. The monoisotopic (exact) mass is 244 g/mol. The Hall–Kier alpha value is -0.930. The van der Waals surface area contributed by atoms with Crippen molar-refractivity contribution in [3.8, 4) is 0 Å². The first-order chi connectivity index (χ1) is 7.65. The summed E-state index contributed by atoms with van der Waals surface area (Å²) in [6.07, 6.45) is 1.09. The summed E-state index contributed by atoms with van der Waals surface area (Å²) >= 11 is 5.82. The molecule has 0 heterocycles. The Bertz CT molecular complexity index is 346. The lowest BCUT2D eigenvalue weighted by Gasteiger charge is -2.05.